The molecule has 1 aromatic carbocycles. The van der Waals surface area contributed by atoms with Crippen LogP contribution >= 0.6 is 0 Å². The van der Waals surface area contributed by atoms with Gasteiger partial charge in [-0.1, -0.05) is 29.8 Å². The Kier molecular flexibility index (Phi) is 7.69. The molecule has 1 amide bonds. The Labute approximate surface area is 202 Å². The quantitative estimate of drug-likeness (QED) is 0.589. The van der Waals surface area contributed by atoms with Crippen molar-refractivity contribution in [1.82, 2.24) is 24.2 Å². The van der Waals surface area contributed by atoms with Crippen molar-refractivity contribution in [3.05, 3.63) is 41.0 Å². The number of amides is 1. The summed E-state index contributed by atoms with van der Waals surface area (Å²) >= 11 is 0. The van der Waals surface area contributed by atoms with Crippen molar-refractivity contribution in [3.63, 3.8) is 0 Å². The zero-order valence-electron chi connectivity index (χ0n) is 20.4. The van der Waals surface area contributed by atoms with Crippen LogP contribution in [0.4, 0.5) is 0 Å². The lowest BCUT2D eigenvalue weighted by atomic mass is 9.99. The zero-order chi connectivity index (χ0) is 24.3. The van der Waals surface area contributed by atoms with Gasteiger partial charge in [0.05, 0.1) is 11.4 Å². The summed E-state index contributed by atoms with van der Waals surface area (Å²) in [5.41, 5.74) is 1.82. The first-order valence-corrected chi connectivity index (χ1v) is 13.6. The minimum Gasteiger partial charge on any atom is -0.343 e. The van der Waals surface area contributed by atoms with Crippen LogP contribution in [0.5, 0.6) is 0 Å². The molecule has 34 heavy (non-hydrogen) atoms. The summed E-state index contributed by atoms with van der Waals surface area (Å²) in [4.78, 5) is 21.3. The predicted octanol–water partition coefficient (Wildman–Crippen LogP) is 2.38. The predicted molar refractivity (Wildman–Crippen MR) is 128 cm³/mol. The van der Waals surface area contributed by atoms with Gasteiger partial charge < -0.3 is 9.42 Å². The van der Waals surface area contributed by atoms with E-state index in [0.717, 1.165) is 37.1 Å². The van der Waals surface area contributed by atoms with Crippen LogP contribution in [0, 0.1) is 19.8 Å². The van der Waals surface area contributed by atoms with Crippen molar-refractivity contribution >= 4 is 15.9 Å². The number of aromatic nitrogens is 2. The van der Waals surface area contributed by atoms with Gasteiger partial charge in [0.2, 0.25) is 21.8 Å². The molecule has 186 valence electrons. The number of nitrogens with zero attached hydrogens (tertiary/aromatic N) is 5. The molecule has 2 aliphatic heterocycles. The number of benzene rings is 1. The number of sulfonamides is 1. The Morgan fingerprint density at radius 1 is 1.09 bits per heavy atom. The molecule has 10 heteroatoms. The average Bonchev–Trinajstić information content (AvgIpc) is 3.25. The highest BCUT2D eigenvalue weighted by Crippen LogP contribution is 2.22. The summed E-state index contributed by atoms with van der Waals surface area (Å²) in [6.45, 7) is 10.2. The van der Waals surface area contributed by atoms with Crippen LogP contribution in [0.15, 0.2) is 27.6 Å². The van der Waals surface area contributed by atoms with Crippen LogP contribution in [0.1, 0.15) is 49.0 Å². The lowest BCUT2D eigenvalue weighted by Crippen LogP contribution is -2.48. The Bertz CT molecular complexity index is 1100. The highest BCUT2D eigenvalue weighted by Gasteiger charge is 2.30. The summed E-state index contributed by atoms with van der Waals surface area (Å²) in [5.74, 6) is 1.88. The van der Waals surface area contributed by atoms with E-state index in [1.165, 1.54) is 0 Å². The van der Waals surface area contributed by atoms with Gasteiger partial charge in [0, 0.05) is 52.1 Å². The van der Waals surface area contributed by atoms with Crippen LogP contribution in [-0.2, 0) is 27.8 Å². The van der Waals surface area contributed by atoms with Gasteiger partial charge in [0.15, 0.2) is 5.82 Å². The second-order valence-electron chi connectivity index (χ2n) is 9.62. The molecule has 3 heterocycles. The molecule has 9 nitrogen and oxygen atoms in total. The molecule has 2 fully saturated rings. The lowest BCUT2D eigenvalue weighted by molar-refractivity contribution is -0.132. The van der Waals surface area contributed by atoms with E-state index in [9.17, 15) is 13.2 Å². The van der Waals surface area contributed by atoms with E-state index >= 15 is 0 Å². The van der Waals surface area contributed by atoms with E-state index in [-0.39, 0.29) is 5.91 Å². The monoisotopic (exact) mass is 489 g/mol. The van der Waals surface area contributed by atoms with Crippen LogP contribution in [-0.4, -0.2) is 77.8 Å². The number of piperazine rings is 1. The molecule has 0 spiro atoms. The number of carbonyl (C=O) groups excluding carboxylic acids is 1. The Balaban J connectivity index is 1.25. The third kappa shape index (κ3) is 5.84. The topological polar surface area (TPSA) is 99.8 Å². The normalized spacial score (nSPS) is 19.0. The summed E-state index contributed by atoms with van der Waals surface area (Å²) in [7, 11) is -3.51. The summed E-state index contributed by atoms with van der Waals surface area (Å²) in [5, 5.41) is 4.06. The van der Waals surface area contributed by atoms with Crippen molar-refractivity contribution < 1.29 is 17.7 Å². The summed E-state index contributed by atoms with van der Waals surface area (Å²) in [6, 6.07) is 5.44. The fourth-order valence-corrected chi connectivity index (χ4v) is 6.27. The molecule has 2 aromatic rings. The number of rotatable bonds is 7. The highest BCUT2D eigenvalue weighted by molar-refractivity contribution is 7.89. The number of likely N-dealkylation sites (tertiary alicyclic amines) is 1. The first-order valence-electron chi connectivity index (χ1n) is 12.1. The van der Waals surface area contributed by atoms with Gasteiger partial charge in [-0.2, -0.15) is 9.29 Å². The van der Waals surface area contributed by atoms with Gasteiger partial charge in [0.1, 0.15) is 0 Å². The van der Waals surface area contributed by atoms with Gasteiger partial charge in [-0.05, 0) is 44.2 Å². The lowest BCUT2D eigenvalue weighted by Gasteiger charge is -2.33. The fraction of sp³-hybridized carbons (Fsp3) is 0.625. The molecule has 2 saturated heterocycles. The molecule has 0 N–H and O–H groups in total. The van der Waals surface area contributed by atoms with Crippen LogP contribution < -0.4 is 0 Å². The molecule has 0 saturated carbocycles. The van der Waals surface area contributed by atoms with Crippen LogP contribution in [0.3, 0.4) is 0 Å². The van der Waals surface area contributed by atoms with Gasteiger partial charge in [0.25, 0.3) is 0 Å². The molecular formula is C24H35N5O4S. The number of hydrogen-bond donors (Lipinski definition) is 0. The maximum atomic E-state index is 13.1. The van der Waals surface area contributed by atoms with Crippen molar-refractivity contribution in [2.45, 2.75) is 57.9 Å². The standard InChI is InChI=1S/C24H35N5O4S/c1-18-8-10-28(11-9-18)24(30)7-6-23-25-22(26-33-23)17-27-12-14-29(15-13-27)34(31,32)21-5-4-19(2)16-20(21)3/h4-5,16,18H,6-15,17H2,1-3H3. The maximum absolute atomic E-state index is 13.1. The Morgan fingerprint density at radius 2 is 1.79 bits per heavy atom. The molecule has 0 bridgehead atoms. The minimum absolute atomic E-state index is 0.146. The third-order valence-corrected chi connectivity index (χ3v) is 8.90. The molecule has 0 unspecified atom stereocenters. The first kappa shape index (κ1) is 24.8. The molecule has 0 radical (unpaired) electrons. The van der Waals surface area contributed by atoms with E-state index in [1.807, 2.05) is 30.9 Å². The van der Waals surface area contributed by atoms with E-state index in [1.54, 1.807) is 10.4 Å². The smallest absolute Gasteiger partial charge is 0.243 e. The number of piperidine rings is 1. The second kappa shape index (κ2) is 10.5. The molecular weight excluding hydrogens is 454 g/mol. The number of hydrogen-bond acceptors (Lipinski definition) is 7. The number of carbonyl (C=O) groups is 1. The largest absolute Gasteiger partial charge is 0.343 e. The van der Waals surface area contributed by atoms with Gasteiger partial charge >= 0.3 is 0 Å². The highest BCUT2D eigenvalue weighted by atomic mass is 32.2. The fourth-order valence-electron chi connectivity index (χ4n) is 4.64. The molecule has 1 aromatic heterocycles. The first-order chi connectivity index (χ1) is 16.2. The van der Waals surface area contributed by atoms with Gasteiger partial charge in [-0.25, -0.2) is 8.42 Å². The SMILES string of the molecule is Cc1ccc(S(=O)(=O)N2CCN(Cc3noc(CCC(=O)N4CCC(C)CC4)n3)CC2)c(C)c1. The van der Waals surface area contributed by atoms with E-state index in [0.29, 0.717) is 68.1 Å². The molecule has 0 aliphatic carbocycles. The summed E-state index contributed by atoms with van der Waals surface area (Å²) in [6.07, 6.45) is 2.95. The van der Waals surface area contributed by atoms with Gasteiger partial charge in [-0.3, -0.25) is 9.69 Å². The zero-order valence-corrected chi connectivity index (χ0v) is 21.2. The van der Waals surface area contributed by atoms with E-state index in [2.05, 4.69) is 22.0 Å². The van der Waals surface area contributed by atoms with Crippen LogP contribution in [0.25, 0.3) is 0 Å². The minimum atomic E-state index is -3.51. The van der Waals surface area contributed by atoms with Gasteiger partial charge in [-0.15, -0.1) is 0 Å². The van der Waals surface area contributed by atoms with Crippen molar-refractivity contribution in [1.29, 1.82) is 0 Å². The van der Waals surface area contributed by atoms with E-state index < -0.39 is 10.0 Å². The van der Waals surface area contributed by atoms with Crippen molar-refractivity contribution in [2.75, 3.05) is 39.3 Å². The Morgan fingerprint density at radius 3 is 2.47 bits per heavy atom. The maximum Gasteiger partial charge on any atom is 0.243 e. The second-order valence-corrected chi connectivity index (χ2v) is 11.5. The third-order valence-electron chi connectivity index (χ3n) is 6.84. The molecule has 0 atom stereocenters. The van der Waals surface area contributed by atoms with Crippen LogP contribution in [0.2, 0.25) is 0 Å². The molecule has 4 rings (SSSR count). The average molecular weight is 490 g/mol. The van der Waals surface area contributed by atoms with Crippen molar-refractivity contribution in [3.8, 4) is 0 Å². The Hall–Kier alpha value is -2.30. The summed E-state index contributed by atoms with van der Waals surface area (Å²) < 4.78 is 33.1. The van der Waals surface area contributed by atoms with Crippen molar-refractivity contribution in [2.24, 2.45) is 5.92 Å². The number of aryl methyl sites for hydroxylation is 3. The van der Waals surface area contributed by atoms with E-state index in [4.69, 9.17) is 4.52 Å². The molecule has 2 aliphatic rings.